The normalized spacial score (nSPS) is 32.1. The zero-order chi connectivity index (χ0) is 15.9. The van der Waals surface area contributed by atoms with Gasteiger partial charge < -0.3 is 10.1 Å². The van der Waals surface area contributed by atoms with Crippen LogP contribution in [0.25, 0.3) is 0 Å². The fourth-order valence-corrected chi connectivity index (χ4v) is 5.24. The van der Waals surface area contributed by atoms with Crippen LogP contribution in [0.15, 0.2) is 11.1 Å². The van der Waals surface area contributed by atoms with Crippen molar-refractivity contribution >= 4 is 10.0 Å². The summed E-state index contributed by atoms with van der Waals surface area (Å²) in [6.07, 6.45) is 1.63. The van der Waals surface area contributed by atoms with Crippen LogP contribution in [0, 0.1) is 18.8 Å². The van der Waals surface area contributed by atoms with E-state index < -0.39 is 10.0 Å². The SMILES string of the molecule is CO[C@H]1C[C@@H]2CNC[C@@H]2C[C@@H]1NS(=O)(=O)c1cc(C)nn1C. The maximum atomic E-state index is 12.6. The molecule has 1 saturated carbocycles. The summed E-state index contributed by atoms with van der Waals surface area (Å²) < 4.78 is 35.1. The summed E-state index contributed by atoms with van der Waals surface area (Å²) in [5.74, 6) is 1.11. The molecule has 1 aromatic heterocycles. The number of hydrogen-bond donors (Lipinski definition) is 2. The molecule has 124 valence electrons. The van der Waals surface area contributed by atoms with Crippen LogP contribution in [-0.2, 0) is 21.8 Å². The van der Waals surface area contributed by atoms with E-state index in [1.807, 2.05) is 0 Å². The molecule has 1 aromatic rings. The number of ether oxygens (including phenoxy) is 1. The number of nitrogens with zero attached hydrogens (tertiary/aromatic N) is 2. The molecule has 0 radical (unpaired) electrons. The summed E-state index contributed by atoms with van der Waals surface area (Å²) in [4.78, 5) is 0. The van der Waals surface area contributed by atoms with Gasteiger partial charge in [0.05, 0.1) is 11.8 Å². The van der Waals surface area contributed by atoms with Crippen molar-refractivity contribution in [2.45, 2.75) is 36.9 Å². The molecule has 7 nitrogen and oxygen atoms in total. The Bertz CT molecular complexity index is 643. The maximum Gasteiger partial charge on any atom is 0.258 e. The Morgan fingerprint density at radius 1 is 1.36 bits per heavy atom. The standard InChI is InChI=1S/C14H24N4O3S/c1-9-4-14(18(2)16-9)22(19,20)17-12-5-10-7-15-8-11(10)6-13(12)21-3/h4,10-13,15,17H,5-8H2,1-3H3/t10-,11+,12-,13-/m0/s1. The van der Waals surface area contributed by atoms with Crippen molar-refractivity contribution < 1.29 is 13.2 Å². The number of methoxy groups -OCH3 is 1. The van der Waals surface area contributed by atoms with E-state index in [1.165, 1.54) is 4.68 Å². The maximum absolute atomic E-state index is 12.6. The molecular weight excluding hydrogens is 304 g/mol. The first-order valence-corrected chi connectivity index (χ1v) is 9.15. The first-order valence-electron chi connectivity index (χ1n) is 7.67. The van der Waals surface area contributed by atoms with E-state index in [4.69, 9.17) is 4.74 Å². The van der Waals surface area contributed by atoms with Crippen LogP contribution in [0.4, 0.5) is 0 Å². The minimum absolute atomic E-state index is 0.0785. The molecule has 8 heteroatoms. The molecule has 4 atom stereocenters. The van der Waals surface area contributed by atoms with Crippen molar-refractivity contribution in [3.8, 4) is 0 Å². The third-order valence-electron chi connectivity index (χ3n) is 4.86. The molecule has 1 aliphatic carbocycles. The highest BCUT2D eigenvalue weighted by atomic mass is 32.2. The number of sulfonamides is 1. The van der Waals surface area contributed by atoms with Crippen molar-refractivity contribution in [3.05, 3.63) is 11.8 Å². The second-order valence-corrected chi connectivity index (χ2v) is 8.06. The highest BCUT2D eigenvalue weighted by Crippen LogP contribution is 2.34. The molecule has 0 unspecified atom stereocenters. The first kappa shape index (κ1) is 15.9. The minimum Gasteiger partial charge on any atom is -0.380 e. The number of fused-ring (bicyclic) bond motifs is 1. The number of nitrogens with one attached hydrogen (secondary N) is 2. The van der Waals surface area contributed by atoms with Gasteiger partial charge in [0.2, 0.25) is 0 Å². The van der Waals surface area contributed by atoms with Crippen LogP contribution in [0.1, 0.15) is 18.5 Å². The van der Waals surface area contributed by atoms with E-state index in [2.05, 4.69) is 15.1 Å². The zero-order valence-electron chi connectivity index (χ0n) is 13.2. The van der Waals surface area contributed by atoms with E-state index in [-0.39, 0.29) is 17.2 Å². The van der Waals surface area contributed by atoms with Gasteiger partial charge in [0.15, 0.2) is 5.03 Å². The van der Waals surface area contributed by atoms with Crippen LogP contribution >= 0.6 is 0 Å². The highest BCUT2D eigenvalue weighted by molar-refractivity contribution is 7.89. The Morgan fingerprint density at radius 2 is 2.05 bits per heavy atom. The van der Waals surface area contributed by atoms with Crippen molar-refractivity contribution in [1.82, 2.24) is 19.8 Å². The summed E-state index contributed by atoms with van der Waals surface area (Å²) in [6.45, 7) is 3.75. The number of rotatable bonds is 4. The van der Waals surface area contributed by atoms with E-state index in [9.17, 15) is 8.42 Å². The van der Waals surface area contributed by atoms with E-state index in [0.29, 0.717) is 17.5 Å². The Balaban J connectivity index is 1.79. The molecule has 0 aromatic carbocycles. The highest BCUT2D eigenvalue weighted by Gasteiger charge is 2.41. The lowest BCUT2D eigenvalue weighted by molar-refractivity contribution is 0.0194. The zero-order valence-corrected chi connectivity index (χ0v) is 14.1. The van der Waals surface area contributed by atoms with E-state index in [1.54, 1.807) is 27.1 Å². The summed E-state index contributed by atoms with van der Waals surface area (Å²) in [6, 6.07) is 1.40. The van der Waals surface area contributed by atoms with Gasteiger partial charge in [-0.25, -0.2) is 13.1 Å². The Kier molecular flexibility index (Phi) is 4.28. The van der Waals surface area contributed by atoms with Crippen LogP contribution in [0.5, 0.6) is 0 Å². The summed E-state index contributed by atoms with van der Waals surface area (Å²) >= 11 is 0. The number of hydrogen-bond acceptors (Lipinski definition) is 5. The van der Waals surface area contributed by atoms with Gasteiger partial charge in [0, 0.05) is 20.2 Å². The first-order chi connectivity index (χ1) is 10.4. The van der Waals surface area contributed by atoms with E-state index in [0.717, 1.165) is 25.9 Å². The van der Waals surface area contributed by atoms with Crippen molar-refractivity contribution in [3.63, 3.8) is 0 Å². The van der Waals surface area contributed by atoms with Crippen LogP contribution in [-0.4, -0.2) is 50.5 Å². The summed E-state index contributed by atoms with van der Waals surface area (Å²) in [5.41, 5.74) is 0.690. The predicted octanol–water partition coefficient (Wildman–Crippen LogP) is 0.0198. The van der Waals surface area contributed by atoms with Gasteiger partial charge in [-0.1, -0.05) is 0 Å². The lowest BCUT2D eigenvalue weighted by Gasteiger charge is -2.37. The summed E-state index contributed by atoms with van der Waals surface area (Å²) in [5, 5.41) is 7.71. The average molecular weight is 328 g/mol. The monoisotopic (exact) mass is 328 g/mol. The largest absolute Gasteiger partial charge is 0.380 e. The predicted molar refractivity (Wildman–Crippen MR) is 81.9 cm³/mol. The Hall–Kier alpha value is -0.960. The number of aryl methyl sites for hydroxylation is 2. The van der Waals surface area contributed by atoms with Gasteiger partial charge in [-0.2, -0.15) is 5.10 Å². The van der Waals surface area contributed by atoms with Gasteiger partial charge in [0.1, 0.15) is 0 Å². The second-order valence-electron chi connectivity index (χ2n) is 6.40. The Morgan fingerprint density at radius 3 is 2.64 bits per heavy atom. The topological polar surface area (TPSA) is 85.2 Å². The smallest absolute Gasteiger partial charge is 0.258 e. The van der Waals surface area contributed by atoms with Crippen molar-refractivity contribution in [2.75, 3.05) is 20.2 Å². The summed E-state index contributed by atoms with van der Waals surface area (Å²) in [7, 11) is -0.290. The van der Waals surface area contributed by atoms with Crippen molar-refractivity contribution in [2.24, 2.45) is 18.9 Å². The molecule has 2 aliphatic rings. The third kappa shape index (κ3) is 2.92. The lowest BCUT2D eigenvalue weighted by atomic mass is 9.78. The Labute approximate surface area is 131 Å². The molecule has 2 N–H and O–H groups in total. The lowest BCUT2D eigenvalue weighted by Crippen LogP contribution is -2.50. The third-order valence-corrected chi connectivity index (χ3v) is 6.41. The van der Waals surface area contributed by atoms with Crippen LogP contribution in [0.2, 0.25) is 0 Å². The fraction of sp³-hybridized carbons (Fsp3) is 0.786. The molecule has 0 amide bonds. The van der Waals surface area contributed by atoms with Gasteiger partial charge in [-0.15, -0.1) is 0 Å². The van der Waals surface area contributed by atoms with Gasteiger partial charge in [-0.3, -0.25) is 4.68 Å². The van der Waals surface area contributed by atoms with Gasteiger partial charge in [0.25, 0.3) is 10.0 Å². The molecule has 2 fully saturated rings. The number of aromatic nitrogens is 2. The van der Waals surface area contributed by atoms with Gasteiger partial charge >= 0.3 is 0 Å². The average Bonchev–Trinajstić information content (AvgIpc) is 3.03. The molecule has 0 spiro atoms. The van der Waals surface area contributed by atoms with Crippen LogP contribution < -0.4 is 10.0 Å². The van der Waals surface area contributed by atoms with Crippen molar-refractivity contribution in [1.29, 1.82) is 0 Å². The van der Waals surface area contributed by atoms with E-state index >= 15 is 0 Å². The second kappa shape index (κ2) is 5.92. The molecular formula is C14H24N4O3S. The minimum atomic E-state index is -3.59. The van der Waals surface area contributed by atoms with Crippen LogP contribution in [0.3, 0.4) is 0 Å². The molecule has 0 bridgehead atoms. The molecule has 1 saturated heterocycles. The molecule has 22 heavy (non-hydrogen) atoms. The van der Waals surface area contributed by atoms with Gasteiger partial charge in [-0.05, 0) is 50.8 Å². The molecule has 3 rings (SSSR count). The molecule has 1 aliphatic heterocycles. The molecule has 2 heterocycles. The fourth-order valence-electron chi connectivity index (χ4n) is 3.76. The quantitative estimate of drug-likeness (QED) is 0.814.